The second-order valence-electron chi connectivity index (χ2n) is 6.32. The molecule has 2 aliphatic rings. The van der Waals surface area contributed by atoms with Crippen LogP contribution in [0, 0.1) is 5.92 Å². The molecule has 0 aromatic carbocycles. The van der Waals surface area contributed by atoms with Gasteiger partial charge in [-0.1, -0.05) is 33.1 Å². The molecule has 1 aliphatic heterocycles. The molecule has 0 bridgehead atoms. The summed E-state index contributed by atoms with van der Waals surface area (Å²) in [7, 11) is 0. The minimum absolute atomic E-state index is 0.355. The lowest BCUT2D eigenvalue weighted by atomic mass is 9.99. The lowest BCUT2D eigenvalue weighted by molar-refractivity contribution is 0.0901. The quantitative estimate of drug-likeness (QED) is 0.812. The van der Waals surface area contributed by atoms with Gasteiger partial charge in [-0.3, -0.25) is 9.80 Å². The van der Waals surface area contributed by atoms with Crippen LogP contribution in [0.1, 0.15) is 46.0 Å². The zero-order chi connectivity index (χ0) is 13.0. The molecule has 1 saturated carbocycles. The highest BCUT2D eigenvalue weighted by Gasteiger charge is 2.26. The molecular formula is C15H31N3. The van der Waals surface area contributed by atoms with Crippen LogP contribution in [0.4, 0.5) is 0 Å². The number of nitrogens with zero attached hydrogens (tertiary/aromatic N) is 2. The minimum Gasteiger partial charge on any atom is -0.326 e. The van der Waals surface area contributed by atoms with E-state index in [1.165, 1.54) is 58.3 Å². The van der Waals surface area contributed by atoms with E-state index in [1.54, 1.807) is 0 Å². The molecule has 2 rings (SSSR count). The van der Waals surface area contributed by atoms with Gasteiger partial charge in [0.25, 0.3) is 0 Å². The molecular weight excluding hydrogens is 222 g/mol. The van der Waals surface area contributed by atoms with Gasteiger partial charge in [-0.15, -0.1) is 0 Å². The Bertz CT molecular complexity index is 230. The number of hydrogen-bond acceptors (Lipinski definition) is 3. The van der Waals surface area contributed by atoms with Crippen molar-refractivity contribution in [2.24, 2.45) is 11.7 Å². The topological polar surface area (TPSA) is 32.5 Å². The lowest BCUT2D eigenvalue weighted by Crippen LogP contribution is -2.53. The van der Waals surface area contributed by atoms with Crippen molar-refractivity contribution in [3.8, 4) is 0 Å². The molecule has 0 radical (unpaired) electrons. The summed E-state index contributed by atoms with van der Waals surface area (Å²) >= 11 is 0. The van der Waals surface area contributed by atoms with E-state index >= 15 is 0 Å². The predicted molar refractivity (Wildman–Crippen MR) is 77.7 cm³/mol. The van der Waals surface area contributed by atoms with Gasteiger partial charge in [-0.05, 0) is 18.8 Å². The summed E-state index contributed by atoms with van der Waals surface area (Å²) < 4.78 is 0. The summed E-state index contributed by atoms with van der Waals surface area (Å²) in [6, 6.07) is 1.25. The van der Waals surface area contributed by atoms with Crippen LogP contribution in [0.2, 0.25) is 0 Å². The third-order valence-corrected chi connectivity index (χ3v) is 5.09. The largest absolute Gasteiger partial charge is 0.326 e. The Morgan fingerprint density at radius 3 is 2.28 bits per heavy atom. The first-order valence-electron chi connectivity index (χ1n) is 7.92. The van der Waals surface area contributed by atoms with E-state index in [0.717, 1.165) is 12.6 Å². The van der Waals surface area contributed by atoms with Gasteiger partial charge in [0.2, 0.25) is 0 Å². The Labute approximate surface area is 113 Å². The average Bonchev–Trinajstić information content (AvgIpc) is 2.92. The summed E-state index contributed by atoms with van der Waals surface area (Å²) in [5, 5.41) is 0. The van der Waals surface area contributed by atoms with Crippen LogP contribution < -0.4 is 5.73 Å². The van der Waals surface area contributed by atoms with Gasteiger partial charge in [0.1, 0.15) is 0 Å². The Morgan fingerprint density at radius 2 is 1.72 bits per heavy atom. The highest BCUT2D eigenvalue weighted by molar-refractivity contribution is 4.83. The zero-order valence-electron chi connectivity index (χ0n) is 12.3. The maximum atomic E-state index is 6.26. The van der Waals surface area contributed by atoms with Crippen LogP contribution in [0.5, 0.6) is 0 Å². The van der Waals surface area contributed by atoms with E-state index in [1.807, 2.05) is 0 Å². The first kappa shape index (κ1) is 14.3. The Morgan fingerprint density at radius 1 is 1.11 bits per heavy atom. The lowest BCUT2D eigenvalue weighted by Gasteiger charge is -2.39. The third kappa shape index (κ3) is 3.69. The molecule has 0 aromatic rings. The monoisotopic (exact) mass is 253 g/mol. The van der Waals surface area contributed by atoms with Gasteiger partial charge in [0, 0.05) is 44.8 Å². The number of nitrogens with two attached hydrogens (primary N) is 1. The molecule has 18 heavy (non-hydrogen) atoms. The fourth-order valence-electron chi connectivity index (χ4n) is 3.36. The van der Waals surface area contributed by atoms with Crippen molar-refractivity contribution in [3.63, 3.8) is 0 Å². The highest BCUT2D eigenvalue weighted by atomic mass is 15.3. The molecule has 1 aliphatic carbocycles. The van der Waals surface area contributed by atoms with Gasteiger partial charge in [-0.2, -0.15) is 0 Å². The van der Waals surface area contributed by atoms with Crippen molar-refractivity contribution in [2.75, 3.05) is 32.7 Å². The van der Waals surface area contributed by atoms with Crippen molar-refractivity contribution in [1.82, 2.24) is 9.80 Å². The normalized spacial score (nSPS) is 27.5. The summed E-state index contributed by atoms with van der Waals surface area (Å²) in [5.41, 5.74) is 6.26. The second kappa shape index (κ2) is 6.88. The molecule has 2 N–H and O–H groups in total. The van der Waals surface area contributed by atoms with Crippen molar-refractivity contribution in [3.05, 3.63) is 0 Å². The molecule has 1 saturated heterocycles. The predicted octanol–water partition coefficient (Wildman–Crippen LogP) is 1.92. The maximum Gasteiger partial charge on any atom is 0.0193 e. The minimum atomic E-state index is 0.355. The van der Waals surface area contributed by atoms with Crippen LogP contribution >= 0.6 is 0 Å². The Kier molecular flexibility index (Phi) is 5.46. The van der Waals surface area contributed by atoms with Crippen LogP contribution in [-0.4, -0.2) is 54.6 Å². The van der Waals surface area contributed by atoms with Gasteiger partial charge in [0.15, 0.2) is 0 Å². The standard InChI is InChI=1S/C15H31N3/c1-3-13(2)15(16)12-17-8-10-18(11-9-17)14-6-4-5-7-14/h13-15H,3-12,16H2,1-2H3. The molecule has 2 fully saturated rings. The highest BCUT2D eigenvalue weighted by Crippen LogP contribution is 2.24. The second-order valence-corrected chi connectivity index (χ2v) is 6.32. The molecule has 106 valence electrons. The number of hydrogen-bond donors (Lipinski definition) is 1. The summed E-state index contributed by atoms with van der Waals surface area (Å²) in [4.78, 5) is 5.29. The van der Waals surface area contributed by atoms with Crippen molar-refractivity contribution >= 4 is 0 Å². The number of rotatable bonds is 5. The zero-order valence-corrected chi connectivity index (χ0v) is 12.3. The van der Waals surface area contributed by atoms with E-state index in [0.29, 0.717) is 12.0 Å². The summed E-state index contributed by atoms with van der Waals surface area (Å²) in [6.45, 7) is 10.6. The van der Waals surface area contributed by atoms with Gasteiger partial charge >= 0.3 is 0 Å². The molecule has 2 unspecified atom stereocenters. The molecule has 3 heteroatoms. The fourth-order valence-corrected chi connectivity index (χ4v) is 3.36. The van der Waals surface area contributed by atoms with Crippen molar-refractivity contribution in [1.29, 1.82) is 0 Å². The van der Waals surface area contributed by atoms with Gasteiger partial charge in [-0.25, -0.2) is 0 Å². The van der Waals surface area contributed by atoms with E-state index in [2.05, 4.69) is 23.6 Å². The molecule has 0 aromatic heterocycles. The Hall–Kier alpha value is -0.120. The average molecular weight is 253 g/mol. The molecule has 0 spiro atoms. The molecule has 2 atom stereocenters. The number of piperazine rings is 1. The smallest absolute Gasteiger partial charge is 0.0193 e. The van der Waals surface area contributed by atoms with Gasteiger partial charge in [0.05, 0.1) is 0 Å². The maximum absolute atomic E-state index is 6.26. The van der Waals surface area contributed by atoms with Crippen LogP contribution in [0.3, 0.4) is 0 Å². The van der Waals surface area contributed by atoms with Crippen LogP contribution in [0.15, 0.2) is 0 Å². The molecule has 3 nitrogen and oxygen atoms in total. The van der Waals surface area contributed by atoms with E-state index < -0.39 is 0 Å². The van der Waals surface area contributed by atoms with Crippen molar-refractivity contribution in [2.45, 2.75) is 58.0 Å². The Balaban J connectivity index is 1.69. The van der Waals surface area contributed by atoms with Crippen LogP contribution in [-0.2, 0) is 0 Å². The first-order chi connectivity index (χ1) is 8.70. The third-order valence-electron chi connectivity index (χ3n) is 5.09. The van der Waals surface area contributed by atoms with Crippen molar-refractivity contribution < 1.29 is 0 Å². The van der Waals surface area contributed by atoms with E-state index in [-0.39, 0.29) is 0 Å². The molecule has 1 heterocycles. The van der Waals surface area contributed by atoms with E-state index in [9.17, 15) is 0 Å². The summed E-state index contributed by atoms with van der Waals surface area (Å²) in [5.74, 6) is 0.651. The van der Waals surface area contributed by atoms with Crippen LogP contribution in [0.25, 0.3) is 0 Å². The van der Waals surface area contributed by atoms with Gasteiger partial charge < -0.3 is 5.73 Å². The van der Waals surface area contributed by atoms with E-state index in [4.69, 9.17) is 5.73 Å². The SMILES string of the molecule is CCC(C)C(N)CN1CCN(C2CCCC2)CC1. The summed E-state index contributed by atoms with van der Waals surface area (Å²) in [6.07, 6.45) is 6.97. The molecule has 0 amide bonds. The fraction of sp³-hybridized carbons (Fsp3) is 1.00. The first-order valence-corrected chi connectivity index (χ1v) is 7.92.